The van der Waals surface area contributed by atoms with Gasteiger partial charge in [-0.3, -0.25) is 4.79 Å². The number of halogens is 1. The van der Waals surface area contributed by atoms with Gasteiger partial charge in [0.2, 0.25) is 5.91 Å². The summed E-state index contributed by atoms with van der Waals surface area (Å²) in [6.07, 6.45) is 3.40. The molecule has 0 saturated heterocycles. The Kier molecular flexibility index (Phi) is 7.55. The van der Waals surface area contributed by atoms with Crippen LogP contribution in [0, 0.1) is 6.92 Å². The summed E-state index contributed by atoms with van der Waals surface area (Å²) in [7, 11) is 3.38. The summed E-state index contributed by atoms with van der Waals surface area (Å²) in [4.78, 5) is 24.2. The van der Waals surface area contributed by atoms with Gasteiger partial charge in [0, 0.05) is 34.4 Å². The van der Waals surface area contributed by atoms with Crippen molar-refractivity contribution >= 4 is 47.1 Å². The highest BCUT2D eigenvalue weighted by Gasteiger charge is 2.13. The molecule has 4 rings (SSSR count). The first-order valence-corrected chi connectivity index (χ1v) is 11.6. The van der Waals surface area contributed by atoms with Crippen LogP contribution in [0.1, 0.15) is 27.3 Å². The molecule has 4 N–H and O–H groups in total. The molecule has 0 bridgehead atoms. The van der Waals surface area contributed by atoms with E-state index in [1.165, 1.54) is 0 Å². The molecule has 0 atom stereocenters. The van der Waals surface area contributed by atoms with Crippen molar-refractivity contribution < 1.29 is 14.3 Å². The van der Waals surface area contributed by atoms with E-state index in [4.69, 9.17) is 22.1 Å². The second kappa shape index (κ2) is 11.0. The fraction of sp³-hybridized carbons (Fsp3) is 0.111. The zero-order chi connectivity index (χ0) is 26.5. The number of hydrogen-bond acceptors (Lipinski definition) is 5. The highest BCUT2D eigenvalue weighted by atomic mass is 35.5. The van der Waals surface area contributed by atoms with Gasteiger partial charge in [-0.2, -0.15) is 0 Å². The molecule has 3 aromatic carbocycles. The normalized spacial score (nSPS) is 10.9. The highest BCUT2D eigenvalue weighted by molar-refractivity contribution is 6.32. The van der Waals surface area contributed by atoms with Crippen LogP contribution in [0.5, 0.6) is 5.75 Å². The Morgan fingerprint density at radius 3 is 2.49 bits per heavy atom. The zero-order valence-corrected chi connectivity index (χ0v) is 21.2. The summed E-state index contributed by atoms with van der Waals surface area (Å²) >= 11 is 6.26. The number of hydrogen-bond donors (Lipinski definition) is 3. The van der Waals surface area contributed by atoms with Crippen molar-refractivity contribution in [2.24, 2.45) is 12.8 Å². The minimum absolute atomic E-state index is 0.319. The molecule has 10 heteroatoms. The molecule has 0 spiro atoms. The van der Waals surface area contributed by atoms with Gasteiger partial charge >= 0.3 is 6.03 Å². The van der Waals surface area contributed by atoms with Crippen molar-refractivity contribution in [2.45, 2.75) is 6.92 Å². The number of ether oxygens (including phenoxy) is 1. The molecule has 1 heterocycles. The maximum Gasteiger partial charge on any atom is 0.323 e. The molecule has 0 unspecified atom stereocenters. The first-order chi connectivity index (χ1) is 17.8. The van der Waals surface area contributed by atoms with Crippen molar-refractivity contribution in [3.8, 4) is 17.1 Å². The predicted octanol–water partition coefficient (Wildman–Crippen LogP) is 5.37. The third kappa shape index (κ3) is 5.79. The third-order valence-electron chi connectivity index (χ3n) is 5.63. The van der Waals surface area contributed by atoms with Crippen LogP contribution in [-0.2, 0) is 7.05 Å². The molecular weight excluding hydrogens is 492 g/mol. The lowest BCUT2D eigenvalue weighted by atomic mass is 10.1. The van der Waals surface area contributed by atoms with E-state index in [2.05, 4.69) is 20.8 Å². The van der Waals surface area contributed by atoms with Gasteiger partial charge in [0.1, 0.15) is 5.75 Å². The van der Waals surface area contributed by atoms with Crippen LogP contribution in [0.4, 0.5) is 16.2 Å². The van der Waals surface area contributed by atoms with Crippen LogP contribution >= 0.6 is 11.6 Å². The van der Waals surface area contributed by atoms with Gasteiger partial charge < -0.3 is 25.7 Å². The topological polar surface area (TPSA) is 124 Å². The monoisotopic (exact) mass is 516 g/mol. The van der Waals surface area contributed by atoms with Crippen LogP contribution in [0.2, 0.25) is 5.02 Å². The molecule has 0 aliphatic rings. The number of aromatic nitrogens is 3. The first-order valence-electron chi connectivity index (χ1n) is 11.3. The maximum atomic E-state index is 12.5. The van der Waals surface area contributed by atoms with Crippen molar-refractivity contribution in [1.82, 2.24) is 14.8 Å². The number of rotatable bonds is 7. The summed E-state index contributed by atoms with van der Waals surface area (Å²) in [6, 6.07) is 17.3. The fourth-order valence-corrected chi connectivity index (χ4v) is 3.96. The molecule has 3 amide bonds. The number of aryl methyl sites for hydroxylation is 1. The van der Waals surface area contributed by atoms with E-state index in [-0.39, 0.29) is 0 Å². The van der Waals surface area contributed by atoms with E-state index < -0.39 is 11.9 Å². The van der Waals surface area contributed by atoms with Gasteiger partial charge in [-0.1, -0.05) is 23.7 Å². The largest absolute Gasteiger partial charge is 0.495 e. The second-order valence-electron chi connectivity index (χ2n) is 8.20. The molecule has 37 heavy (non-hydrogen) atoms. The number of nitrogens with one attached hydrogen (secondary N) is 2. The lowest BCUT2D eigenvalue weighted by Gasteiger charge is -2.12. The predicted molar refractivity (Wildman–Crippen MR) is 146 cm³/mol. The van der Waals surface area contributed by atoms with E-state index >= 15 is 0 Å². The Labute approximate surface area is 218 Å². The van der Waals surface area contributed by atoms with Crippen LogP contribution < -0.4 is 21.1 Å². The summed E-state index contributed by atoms with van der Waals surface area (Å²) in [5.74, 6) is 1.18. The van der Waals surface area contributed by atoms with Crippen molar-refractivity contribution in [2.75, 3.05) is 17.7 Å². The van der Waals surface area contributed by atoms with Crippen LogP contribution in [0.3, 0.4) is 0 Å². The number of primary amides is 1. The third-order valence-corrected chi connectivity index (χ3v) is 5.96. The van der Waals surface area contributed by atoms with Gasteiger partial charge in [-0.15, -0.1) is 10.2 Å². The van der Waals surface area contributed by atoms with E-state index in [0.717, 1.165) is 11.1 Å². The molecule has 4 aromatic rings. The van der Waals surface area contributed by atoms with E-state index in [1.807, 2.05) is 38.2 Å². The smallest absolute Gasteiger partial charge is 0.323 e. The lowest BCUT2D eigenvalue weighted by Crippen LogP contribution is -2.19. The molecular formula is C27H25ClN6O3. The maximum absolute atomic E-state index is 12.5. The van der Waals surface area contributed by atoms with Crippen LogP contribution in [-0.4, -0.2) is 33.8 Å². The number of benzene rings is 3. The molecule has 0 aliphatic heterocycles. The molecule has 9 nitrogen and oxygen atoms in total. The summed E-state index contributed by atoms with van der Waals surface area (Å²) in [5, 5.41) is 14.5. The minimum atomic E-state index is -0.568. The van der Waals surface area contributed by atoms with Gasteiger partial charge in [-0.05, 0) is 73.2 Å². The molecule has 0 saturated carbocycles. The standard InChI is InChI=1S/C27H25ClN6O3/c1-16-7-13-23(37-3)22(15-16)31-27(36)30-18-10-8-17(9-11-18)26-33-32-24(34(26)2)14-12-19-20(25(29)35)5-4-6-21(19)28/h4-15H,1-3H3,(H2,29,35)(H2,30,31,36)/b14-12+. The Hall–Kier alpha value is -4.63. The SMILES string of the molecule is COc1ccc(C)cc1NC(=O)Nc1ccc(-c2nnc(/C=C/c3c(Cl)cccc3C(N)=O)n2C)cc1. The summed E-state index contributed by atoms with van der Waals surface area (Å²) in [6.45, 7) is 1.93. The Morgan fingerprint density at radius 1 is 1.03 bits per heavy atom. The Bertz CT molecular complexity index is 1490. The van der Waals surface area contributed by atoms with Crippen LogP contribution in [0.15, 0.2) is 60.7 Å². The molecule has 1 aromatic heterocycles. The first kappa shape index (κ1) is 25.5. The number of anilines is 2. The molecule has 0 fully saturated rings. The van der Waals surface area contributed by atoms with Crippen molar-refractivity contribution in [3.05, 3.63) is 88.2 Å². The number of carbonyl (C=O) groups excluding carboxylic acids is 2. The molecule has 0 aliphatic carbocycles. The van der Waals surface area contributed by atoms with Crippen LogP contribution in [0.25, 0.3) is 23.5 Å². The molecule has 188 valence electrons. The Balaban J connectivity index is 1.48. The number of methoxy groups -OCH3 is 1. The average molecular weight is 517 g/mol. The number of urea groups is 1. The highest BCUT2D eigenvalue weighted by Crippen LogP contribution is 2.26. The number of amides is 3. The number of nitrogens with two attached hydrogens (primary N) is 1. The zero-order valence-electron chi connectivity index (χ0n) is 20.4. The minimum Gasteiger partial charge on any atom is -0.495 e. The van der Waals surface area contributed by atoms with E-state index in [9.17, 15) is 9.59 Å². The second-order valence-corrected chi connectivity index (χ2v) is 8.61. The number of carbonyl (C=O) groups is 2. The van der Waals surface area contributed by atoms with E-state index in [0.29, 0.717) is 44.9 Å². The van der Waals surface area contributed by atoms with Crippen molar-refractivity contribution in [3.63, 3.8) is 0 Å². The van der Waals surface area contributed by atoms with Gasteiger partial charge in [0.15, 0.2) is 11.6 Å². The molecule has 0 radical (unpaired) electrons. The fourth-order valence-electron chi connectivity index (χ4n) is 3.72. The quantitative estimate of drug-likeness (QED) is 0.305. The van der Waals surface area contributed by atoms with Gasteiger partial charge in [0.05, 0.1) is 12.8 Å². The van der Waals surface area contributed by atoms with Gasteiger partial charge in [0.25, 0.3) is 0 Å². The van der Waals surface area contributed by atoms with Crippen molar-refractivity contribution in [1.29, 1.82) is 0 Å². The van der Waals surface area contributed by atoms with E-state index in [1.54, 1.807) is 60.2 Å². The summed E-state index contributed by atoms with van der Waals surface area (Å²) < 4.78 is 7.11. The lowest BCUT2D eigenvalue weighted by molar-refractivity contribution is 0.1000. The number of nitrogens with zero attached hydrogens (tertiary/aromatic N) is 3. The Morgan fingerprint density at radius 2 is 1.78 bits per heavy atom. The average Bonchev–Trinajstić information content (AvgIpc) is 3.23. The summed E-state index contributed by atoms with van der Waals surface area (Å²) in [5.41, 5.74) is 9.28. The van der Waals surface area contributed by atoms with Gasteiger partial charge in [-0.25, -0.2) is 4.79 Å².